The van der Waals surface area contributed by atoms with E-state index in [2.05, 4.69) is 39.4 Å². The lowest BCUT2D eigenvalue weighted by molar-refractivity contribution is -0.135. The first-order valence-electron chi connectivity index (χ1n) is 11.6. The lowest BCUT2D eigenvalue weighted by Gasteiger charge is -2.43. The third-order valence-corrected chi connectivity index (χ3v) is 6.74. The van der Waals surface area contributed by atoms with E-state index in [1.165, 1.54) is 43.2 Å². The third-order valence-electron chi connectivity index (χ3n) is 6.74. The van der Waals surface area contributed by atoms with Crippen LogP contribution in [-0.2, 0) is 27.3 Å². The van der Waals surface area contributed by atoms with Gasteiger partial charge in [0.25, 0.3) is 12.9 Å². The summed E-state index contributed by atoms with van der Waals surface area (Å²) < 4.78 is 0. The van der Waals surface area contributed by atoms with Crippen LogP contribution in [0.2, 0.25) is 0 Å². The second-order valence-corrected chi connectivity index (χ2v) is 8.55. The number of amides is 1. The fourth-order valence-corrected chi connectivity index (χ4v) is 5.21. The summed E-state index contributed by atoms with van der Waals surface area (Å²) in [4.78, 5) is 34.9. The minimum atomic E-state index is -0.250. The van der Waals surface area contributed by atoms with E-state index in [-0.39, 0.29) is 18.5 Å². The van der Waals surface area contributed by atoms with Crippen molar-refractivity contribution in [2.24, 2.45) is 0 Å². The highest BCUT2D eigenvalue weighted by Gasteiger charge is 2.45. The van der Waals surface area contributed by atoms with Crippen LogP contribution in [0.25, 0.3) is 0 Å². The molecule has 2 heterocycles. The number of fused-ring (bicyclic) bond motifs is 1. The number of likely N-dealkylation sites (tertiary alicyclic amines) is 1. The molecule has 2 aliphatic heterocycles. The molecule has 3 N–H and O–H groups in total. The number of nitrogens with one attached hydrogen (secondary N) is 1. The van der Waals surface area contributed by atoms with Crippen LogP contribution in [0.4, 0.5) is 0 Å². The average molecular weight is 448 g/mol. The van der Waals surface area contributed by atoms with Gasteiger partial charge >= 0.3 is 0 Å². The molecule has 2 fully saturated rings. The Morgan fingerprint density at radius 3 is 2.16 bits per heavy atom. The lowest BCUT2D eigenvalue weighted by Crippen LogP contribution is -2.59. The maximum absolute atomic E-state index is 13.2. The van der Waals surface area contributed by atoms with Crippen molar-refractivity contribution in [2.45, 2.75) is 63.5 Å². The van der Waals surface area contributed by atoms with Crippen molar-refractivity contribution in [1.29, 1.82) is 0 Å². The molecular formula is C24H37N3O5. The number of benzene rings is 1. The maximum Gasteiger partial charge on any atom is 0.290 e. The van der Waals surface area contributed by atoms with Gasteiger partial charge in [-0.25, -0.2) is 0 Å². The van der Waals surface area contributed by atoms with Crippen molar-refractivity contribution in [3.05, 3.63) is 35.4 Å². The lowest BCUT2D eigenvalue weighted by atomic mass is 9.79. The summed E-state index contributed by atoms with van der Waals surface area (Å²) in [5.41, 5.74) is 2.73. The van der Waals surface area contributed by atoms with Gasteiger partial charge in [0.05, 0.1) is 0 Å². The predicted octanol–water partition coefficient (Wildman–Crippen LogP) is 2.36. The van der Waals surface area contributed by atoms with Crippen LogP contribution in [0.3, 0.4) is 0 Å². The number of nitrogens with zero attached hydrogens (tertiary/aromatic N) is 2. The summed E-state index contributed by atoms with van der Waals surface area (Å²) >= 11 is 0. The van der Waals surface area contributed by atoms with Gasteiger partial charge in [-0.3, -0.25) is 24.2 Å². The predicted molar refractivity (Wildman–Crippen MR) is 122 cm³/mol. The Morgan fingerprint density at radius 1 is 0.938 bits per heavy atom. The second-order valence-electron chi connectivity index (χ2n) is 8.55. The molecule has 3 aliphatic rings. The molecule has 32 heavy (non-hydrogen) atoms. The third kappa shape index (κ3) is 7.03. The number of carbonyl (C=O) groups is 3. The fraction of sp³-hybridized carbons (Fsp3) is 0.625. The molecule has 8 nitrogen and oxygen atoms in total. The molecule has 178 valence electrons. The minimum Gasteiger partial charge on any atom is -0.483 e. The molecule has 1 saturated carbocycles. The van der Waals surface area contributed by atoms with Gasteiger partial charge in [-0.15, -0.1) is 0 Å². The fourth-order valence-electron chi connectivity index (χ4n) is 5.21. The van der Waals surface area contributed by atoms with E-state index in [1.54, 1.807) is 0 Å². The van der Waals surface area contributed by atoms with Crippen molar-refractivity contribution >= 4 is 18.9 Å². The summed E-state index contributed by atoms with van der Waals surface area (Å²) in [6.07, 6.45) is 9.42. The SMILES string of the molecule is O=C(NCCN1CCc2ccccc2C1)C1(N2CCCC2)CCCCC1.O=CO.O=CO. The first-order valence-corrected chi connectivity index (χ1v) is 11.6. The van der Waals surface area contributed by atoms with Gasteiger partial charge in [0.15, 0.2) is 0 Å². The highest BCUT2D eigenvalue weighted by Crippen LogP contribution is 2.36. The highest BCUT2D eigenvalue weighted by atomic mass is 16.3. The zero-order valence-electron chi connectivity index (χ0n) is 18.9. The van der Waals surface area contributed by atoms with Gasteiger partial charge in [-0.05, 0) is 56.3 Å². The number of carbonyl (C=O) groups excluding carboxylic acids is 1. The summed E-state index contributed by atoms with van der Waals surface area (Å²) in [7, 11) is 0. The molecule has 1 aliphatic carbocycles. The molecule has 1 aromatic carbocycles. The smallest absolute Gasteiger partial charge is 0.290 e. The molecular weight excluding hydrogens is 410 g/mol. The summed E-state index contributed by atoms with van der Waals surface area (Å²) in [6.45, 7) is 5.56. The molecule has 0 aromatic heterocycles. The first kappa shape index (κ1) is 25.8. The second kappa shape index (κ2) is 13.9. The van der Waals surface area contributed by atoms with Gasteiger partial charge in [-0.1, -0.05) is 43.5 Å². The van der Waals surface area contributed by atoms with Crippen LogP contribution < -0.4 is 5.32 Å². The molecule has 0 bridgehead atoms. The molecule has 0 atom stereocenters. The van der Waals surface area contributed by atoms with Crippen LogP contribution >= 0.6 is 0 Å². The van der Waals surface area contributed by atoms with Gasteiger partial charge < -0.3 is 15.5 Å². The Bertz CT molecular complexity index is 709. The first-order chi connectivity index (χ1) is 15.6. The summed E-state index contributed by atoms with van der Waals surface area (Å²) in [6, 6.07) is 8.76. The quantitative estimate of drug-likeness (QED) is 0.594. The molecule has 8 heteroatoms. The molecule has 1 saturated heterocycles. The Morgan fingerprint density at radius 2 is 1.53 bits per heavy atom. The Hall–Kier alpha value is -2.45. The van der Waals surface area contributed by atoms with Gasteiger partial charge in [0.2, 0.25) is 5.91 Å². The monoisotopic (exact) mass is 447 g/mol. The van der Waals surface area contributed by atoms with E-state index in [0.717, 1.165) is 58.5 Å². The van der Waals surface area contributed by atoms with Crippen molar-refractivity contribution in [1.82, 2.24) is 15.1 Å². The molecule has 4 rings (SSSR count). The molecule has 1 aromatic rings. The summed E-state index contributed by atoms with van der Waals surface area (Å²) in [5.74, 6) is 0.302. The Labute approximate surface area is 190 Å². The topological polar surface area (TPSA) is 110 Å². The van der Waals surface area contributed by atoms with E-state index in [4.69, 9.17) is 19.8 Å². The van der Waals surface area contributed by atoms with E-state index >= 15 is 0 Å². The molecule has 1 amide bonds. The minimum absolute atomic E-state index is 0.205. The van der Waals surface area contributed by atoms with E-state index in [1.807, 2.05) is 0 Å². The normalized spacial score (nSPS) is 19.9. The average Bonchev–Trinajstić information content (AvgIpc) is 3.36. The highest BCUT2D eigenvalue weighted by molar-refractivity contribution is 5.86. The molecule has 0 radical (unpaired) electrons. The van der Waals surface area contributed by atoms with Crippen LogP contribution in [0.1, 0.15) is 56.1 Å². The standard InChI is InChI=1S/C22H33N3O.2CH2O2/c26-21(22(11-4-1-5-12-22)25-14-6-7-15-25)23-13-17-24-16-10-19-8-2-3-9-20(19)18-24;2*2-1-3/h2-3,8-9H,1,4-7,10-18H2,(H,23,26);2*1H,(H,2,3). The Kier molecular flexibility index (Phi) is 11.2. The summed E-state index contributed by atoms with van der Waals surface area (Å²) in [5, 5.41) is 17.1. The van der Waals surface area contributed by atoms with Crippen LogP contribution in [0, 0.1) is 0 Å². The van der Waals surface area contributed by atoms with Crippen LogP contribution in [-0.4, -0.2) is 77.1 Å². The number of rotatable bonds is 5. The largest absolute Gasteiger partial charge is 0.483 e. The van der Waals surface area contributed by atoms with Crippen molar-refractivity contribution in [2.75, 3.05) is 32.7 Å². The van der Waals surface area contributed by atoms with Gasteiger partial charge in [-0.2, -0.15) is 0 Å². The van der Waals surface area contributed by atoms with E-state index < -0.39 is 0 Å². The van der Waals surface area contributed by atoms with Crippen LogP contribution in [0.5, 0.6) is 0 Å². The zero-order chi connectivity index (χ0) is 23.2. The molecule has 0 spiro atoms. The number of hydrogen-bond donors (Lipinski definition) is 3. The number of carboxylic acid groups (broad SMARTS) is 2. The Balaban J connectivity index is 0.000000547. The van der Waals surface area contributed by atoms with E-state index in [9.17, 15) is 4.79 Å². The van der Waals surface area contributed by atoms with Crippen molar-refractivity contribution in [3.63, 3.8) is 0 Å². The molecule has 0 unspecified atom stereocenters. The number of hydrogen-bond acceptors (Lipinski definition) is 5. The van der Waals surface area contributed by atoms with Gasteiger partial charge in [0.1, 0.15) is 5.54 Å². The zero-order valence-corrected chi connectivity index (χ0v) is 18.9. The van der Waals surface area contributed by atoms with Crippen molar-refractivity contribution in [3.8, 4) is 0 Å². The van der Waals surface area contributed by atoms with E-state index in [0.29, 0.717) is 5.91 Å². The van der Waals surface area contributed by atoms with Crippen LogP contribution in [0.15, 0.2) is 24.3 Å². The van der Waals surface area contributed by atoms with Crippen molar-refractivity contribution < 1.29 is 24.6 Å². The van der Waals surface area contributed by atoms with Gasteiger partial charge in [0, 0.05) is 26.2 Å². The maximum atomic E-state index is 13.2.